The number of anilines is 1. The maximum atomic E-state index is 14.2. The van der Waals surface area contributed by atoms with Gasteiger partial charge in [0.15, 0.2) is 0 Å². The molecule has 0 saturated heterocycles. The summed E-state index contributed by atoms with van der Waals surface area (Å²) in [6.45, 7) is 5.03. The van der Waals surface area contributed by atoms with Crippen LogP contribution in [0.5, 0.6) is 0 Å². The van der Waals surface area contributed by atoms with Crippen LogP contribution < -0.4 is 9.62 Å². The molecular formula is C30H34Cl3N3O4S. The number of hydrogen-bond donors (Lipinski definition) is 1. The summed E-state index contributed by atoms with van der Waals surface area (Å²) in [6, 6.07) is 18.1. The first kappa shape index (κ1) is 32.7. The van der Waals surface area contributed by atoms with Crippen LogP contribution in [-0.2, 0) is 32.6 Å². The van der Waals surface area contributed by atoms with E-state index in [2.05, 4.69) is 5.32 Å². The van der Waals surface area contributed by atoms with Crippen LogP contribution in [0.2, 0.25) is 15.1 Å². The van der Waals surface area contributed by atoms with E-state index in [1.165, 1.54) is 11.0 Å². The zero-order valence-corrected chi connectivity index (χ0v) is 26.5. The fourth-order valence-corrected chi connectivity index (χ4v) is 5.66. The van der Waals surface area contributed by atoms with Crippen LogP contribution in [0.4, 0.5) is 5.69 Å². The van der Waals surface area contributed by atoms with E-state index in [-0.39, 0.29) is 30.6 Å². The number of carbonyl (C=O) groups is 2. The number of nitrogens with one attached hydrogen (secondary N) is 1. The van der Waals surface area contributed by atoms with Gasteiger partial charge >= 0.3 is 0 Å². The first-order valence-electron chi connectivity index (χ1n) is 13.1. The van der Waals surface area contributed by atoms with E-state index in [0.29, 0.717) is 32.6 Å². The van der Waals surface area contributed by atoms with Crippen LogP contribution in [0.1, 0.15) is 37.0 Å². The van der Waals surface area contributed by atoms with Crippen LogP contribution in [0.25, 0.3) is 0 Å². The molecule has 3 aromatic rings. The Morgan fingerprint density at radius 1 is 0.927 bits per heavy atom. The van der Waals surface area contributed by atoms with Crippen molar-refractivity contribution in [2.45, 2.75) is 52.2 Å². The van der Waals surface area contributed by atoms with Crippen molar-refractivity contribution >= 4 is 62.3 Å². The topological polar surface area (TPSA) is 86.8 Å². The lowest BCUT2D eigenvalue weighted by Gasteiger charge is -2.34. The van der Waals surface area contributed by atoms with Gasteiger partial charge in [-0.15, -0.1) is 0 Å². The molecule has 2 atom stereocenters. The van der Waals surface area contributed by atoms with Crippen molar-refractivity contribution in [3.63, 3.8) is 0 Å². The third kappa shape index (κ3) is 9.10. The third-order valence-corrected chi connectivity index (χ3v) is 8.83. The SMILES string of the molecule is CC[C@@H](C)NC(=O)[C@@H](Cc1ccccc1)N(Cc1ccc(Cl)c(Cl)c1)C(=O)CN(c1cc(Cl)ccc1C)S(C)(=O)=O. The molecule has 0 bridgehead atoms. The van der Waals surface area contributed by atoms with E-state index in [9.17, 15) is 18.0 Å². The Labute approximate surface area is 257 Å². The molecule has 1 N–H and O–H groups in total. The quantitative estimate of drug-likeness (QED) is 0.253. The third-order valence-electron chi connectivity index (χ3n) is 6.73. The van der Waals surface area contributed by atoms with Gasteiger partial charge in [-0.2, -0.15) is 0 Å². The van der Waals surface area contributed by atoms with E-state index in [4.69, 9.17) is 34.8 Å². The highest BCUT2D eigenvalue weighted by Gasteiger charge is 2.34. The molecule has 7 nitrogen and oxygen atoms in total. The average Bonchev–Trinajstić information content (AvgIpc) is 2.92. The summed E-state index contributed by atoms with van der Waals surface area (Å²) in [6.07, 6.45) is 1.94. The maximum absolute atomic E-state index is 14.2. The number of rotatable bonds is 12. The monoisotopic (exact) mass is 637 g/mol. The van der Waals surface area contributed by atoms with Crippen LogP contribution >= 0.6 is 34.8 Å². The van der Waals surface area contributed by atoms with Gasteiger partial charge in [0, 0.05) is 24.0 Å². The lowest BCUT2D eigenvalue weighted by Crippen LogP contribution is -2.54. The molecule has 2 amide bonds. The highest BCUT2D eigenvalue weighted by atomic mass is 35.5. The number of halogens is 3. The molecule has 0 fully saturated rings. The lowest BCUT2D eigenvalue weighted by atomic mass is 10.0. The fourth-order valence-electron chi connectivity index (χ4n) is 4.28. The molecular weight excluding hydrogens is 605 g/mol. The number of carbonyl (C=O) groups excluding carboxylic acids is 2. The van der Waals surface area contributed by atoms with Crippen molar-refractivity contribution in [3.8, 4) is 0 Å². The zero-order valence-electron chi connectivity index (χ0n) is 23.4. The Kier molecular flexibility index (Phi) is 11.5. The molecule has 220 valence electrons. The lowest BCUT2D eigenvalue weighted by molar-refractivity contribution is -0.140. The highest BCUT2D eigenvalue weighted by molar-refractivity contribution is 7.92. The minimum atomic E-state index is -3.91. The molecule has 41 heavy (non-hydrogen) atoms. The van der Waals surface area contributed by atoms with Gasteiger partial charge in [-0.05, 0) is 61.2 Å². The molecule has 11 heteroatoms. The standard InChI is InChI=1S/C30H34Cl3N3O4S/c1-5-21(3)34-30(38)28(16-22-9-7-6-8-10-22)35(18-23-12-14-25(32)26(33)15-23)29(37)19-36(41(4,39)40)27-17-24(31)13-11-20(27)2/h6-15,17,21,28H,5,16,18-19H2,1-4H3,(H,34,38)/t21-,28-/m1/s1. The predicted molar refractivity (Wildman–Crippen MR) is 167 cm³/mol. The van der Waals surface area contributed by atoms with Crippen LogP contribution in [0, 0.1) is 6.92 Å². The van der Waals surface area contributed by atoms with Gasteiger partial charge in [-0.3, -0.25) is 13.9 Å². The molecule has 0 radical (unpaired) electrons. The van der Waals surface area contributed by atoms with Crippen LogP contribution in [0.3, 0.4) is 0 Å². The molecule has 3 aromatic carbocycles. The first-order valence-corrected chi connectivity index (χ1v) is 16.1. The van der Waals surface area contributed by atoms with E-state index in [1.807, 2.05) is 44.2 Å². The van der Waals surface area contributed by atoms with Gasteiger partial charge in [0.05, 0.1) is 22.0 Å². The Balaban J connectivity index is 2.11. The molecule has 0 heterocycles. The van der Waals surface area contributed by atoms with Crippen LogP contribution in [0.15, 0.2) is 66.7 Å². The minimum absolute atomic E-state index is 0.00667. The second-order valence-corrected chi connectivity index (χ2v) is 13.2. The maximum Gasteiger partial charge on any atom is 0.244 e. The number of amides is 2. The summed E-state index contributed by atoms with van der Waals surface area (Å²) in [5.41, 5.74) is 2.38. The summed E-state index contributed by atoms with van der Waals surface area (Å²) in [7, 11) is -3.91. The number of aryl methyl sites for hydroxylation is 1. The van der Waals surface area contributed by atoms with Crippen molar-refractivity contribution in [3.05, 3.63) is 98.5 Å². The Morgan fingerprint density at radius 3 is 2.22 bits per heavy atom. The summed E-state index contributed by atoms with van der Waals surface area (Å²) >= 11 is 18.6. The molecule has 0 saturated carbocycles. The first-order chi connectivity index (χ1) is 19.3. The number of benzene rings is 3. The predicted octanol–water partition coefficient (Wildman–Crippen LogP) is 6.28. The van der Waals surface area contributed by atoms with Crippen LogP contribution in [-0.4, -0.2) is 50.0 Å². The van der Waals surface area contributed by atoms with E-state index < -0.39 is 28.5 Å². The molecule has 0 aliphatic rings. The van der Waals surface area contributed by atoms with E-state index in [0.717, 1.165) is 16.1 Å². The number of nitrogens with zero attached hydrogens (tertiary/aromatic N) is 2. The van der Waals surface area contributed by atoms with Crippen molar-refractivity contribution in [1.29, 1.82) is 0 Å². The van der Waals surface area contributed by atoms with Crippen molar-refractivity contribution in [2.75, 3.05) is 17.1 Å². The normalized spacial score (nSPS) is 12.9. The Bertz CT molecular complexity index is 1490. The molecule has 0 unspecified atom stereocenters. The minimum Gasteiger partial charge on any atom is -0.352 e. The van der Waals surface area contributed by atoms with Crippen molar-refractivity contribution in [1.82, 2.24) is 10.2 Å². The summed E-state index contributed by atoms with van der Waals surface area (Å²) in [5, 5.41) is 3.97. The molecule has 0 spiro atoms. The number of hydrogen-bond acceptors (Lipinski definition) is 4. The molecule has 3 rings (SSSR count). The van der Waals surface area contributed by atoms with Gasteiger partial charge < -0.3 is 10.2 Å². The van der Waals surface area contributed by atoms with Gasteiger partial charge in [0.2, 0.25) is 21.8 Å². The van der Waals surface area contributed by atoms with E-state index >= 15 is 0 Å². The van der Waals surface area contributed by atoms with Gasteiger partial charge in [-0.1, -0.05) is 84.2 Å². The smallest absolute Gasteiger partial charge is 0.244 e. The zero-order chi connectivity index (χ0) is 30.3. The largest absolute Gasteiger partial charge is 0.352 e. The second-order valence-electron chi connectivity index (χ2n) is 9.99. The number of sulfonamides is 1. The summed E-state index contributed by atoms with van der Waals surface area (Å²) in [5.74, 6) is -0.914. The van der Waals surface area contributed by atoms with Gasteiger partial charge in [0.25, 0.3) is 0 Å². The molecule has 0 aliphatic heterocycles. The average molecular weight is 639 g/mol. The van der Waals surface area contributed by atoms with Gasteiger partial charge in [0.1, 0.15) is 12.6 Å². The van der Waals surface area contributed by atoms with E-state index in [1.54, 1.807) is 37.3 Å². The molecule has 0 aliphatic carbocycles. The molecule has 0 aromatic heterocycles. The highest BCUT2D eigenvalue weighted by Crippen LogP contribution is 2.28. The summed E-state index contributed by atoms with van der Waals surface area (Å²) < 4.78 is 27.0. The fraction of sp³-hybridized carbons (Fsp3) is 0.333. The van der Waals surface area contributed by atoms with Crippen molar-refractivity contribution < 1.29 is 18.0 Å². The van der Waals surface area contributed by atoms with Crippen molar-refractivity contribution in [2.24, 2.45) is 0 Å². The summed E-state index contributed by atoms with van der Waals surface area (Å²) in [4.78, 5) is 29.3. The Morgan fingerprint density at radius 2 is 1.61 bits per heavy atom. The second kappa shape index (κ2) is 14.4. The van der Waals surface area contributed by atoms with Gasteiger partial charge in [-0.25, -0.2) is 8.42 Å². The Hall–Kier alpha value is -2.78.